The molecule has 1 heterocycles. The first-order valence-corrected chi connectivity index (χ1v) is 5.05. The van der Waals surface area contributed by atoms with Gasteiger partial charge in [0.25, 0.3) is 0 Å². The maximum atomic E-state index is 12.6. The largest absolute Gasteiger partial charge is 0.477 e. The van der Waals surface area contributed by atoms with E-state index in [2.05, 4.69) is 5.10 Å². The number of aromatic nitrogens is 2. The standard InChI is InChI=1S/C11H8F3N3O2/c12-11(13,14)6-2-1-3-7(4-6)17-9(15)8(5-16-17)10(18)19/h1-5H,15H2,(H,18,19). The Morgan fingerprint density at radius 3 is 2.58 bits per heavy atom. The number of rotatable bonds is 2. The smallest absolute Gasteiger partial charge is 0.416 e. The van der Waals surface area contributed by atoms with Crippen LogP contribution >= 0.6 is 0 Å². The molecule has 0 fully saturated rings. The van der Waals surface area contributed by atoms with Crippen molar-refractivity contribution >= 4 is 11.8 Å². The second-order valence-electron chi connectivity index (χ2n) is 3.71. The van der Waals surface area contributed by atoms with Gasteiger partial charge in [0.05, 0.1) is 17.4 Å². The highest BCUT2D eigenvalue weighted by molar-refractivity contribution is 5.92. The molecule has 3 N–H and O–H groups in total. The predicted octanol–water partition coefficient (Wildman–Crippen LogP) is 2.17. The van der Waals surface area contributed by atoms with Crippen LogP contribution in [0.5, 0.6) is 0 Å². The molecule has 0 atom stereocenters. The summed E-state index contributed by atoms with van der Waals surface area (Å²) in [6, 6.07) is 4.29. The molecule has 2 aromatic rings. The zero-order chi connectivity index (χ0) is 14.2. The van der Waals surface area contributed by atoms with E-state index in [1.807, 2.05) is 0 Å². The summed E-state index contributed by atoms with van der Waals surface area (Å²) < 4.78 is 38.6. The number of carboxylic acids is 1. The maximum Gasteiger partial charge on any atom is 0.416 e. The van der Waals surface area contributed by atoms with E-state index >= 15 is 0 Å². The van der Waals surface area contributed by atoms with E-state index in [0.717, 1.165) is 23.0 Å². The lowest BCUT2D eigenvalue weighted by Crippen LogP contribution is -2.08. The molecule has 1 aromatic heterocycles. The minimum atomic E-state index is -4.49. The summed E-state index contributed by atoms with van der Waals surface area (Å²) >= 11 is 0. The van der Waals surface area contributed by atoms with Gasteiger partial charge >= 0.3 is 12.1 Å². The van der Waals surface area contributed by atoms with Crippen molar-refractivity contribution in [2.24, 2.45) is 0 Å². The van der Waals surface area contributed by atoms with Crippen LogP contribution in [0.25, 0.3) is 5.69 Å². The summed E-state index contributed by atoms with van der Waals surface area (Å²) in [6.45, 7) is 0. The zero-order valence-corrected chi connectivity index (χ0v) is 9.35. The number of benzene rings is 1. The van der Waals surface area contributed by atoms with E-state index in [1.54, 1.807) is 0 Å². The molecule has 1 aromatic carbocycles. The lowest BCUT2D eigenvalue weighted by atomic mass is 10.2. The van der Waals surface area contributed by atoms with Gasteiger partial charge in [-0.25, -0.2) is 9.48 Å². The van der Waals surface area contributed by atoms with Crippen molar-refractivity contribution < 1.29 is 23.1 Å². The molecule has 0 spiro atoms. The predicted molar refractivity (Wildman–Crippen MR) is 59.9 cm³/mol. The third-order valence-corrected chi connectivity index (χ3v) is 2.45. The number of carboxylic acid groups (broad SMARTS) is 1. The van der Waals surface area contributed by atoms with Crippen molar-refractivity contribution in [3.05, 3.63) is 41.6 Å². The monoisotopic (exact) mass is 271 g/mol. The van der Waals surface area contributed by atoms with Crippen LogP contribution in [0.3, 0.4) is 0 Å². The fourth-order valence-electron chi connectivity index (χ4n) is 1.54. The van der Waals surface area contributed by atoms with E-state index in [4.69, 9.17) is 10.8 Å². The first kappa shape index (κ1) is 12.9. The molecule has 0 aliphatic rings. The topological polar surface area (TPSA) is 81.1 Å². The highest BCUT2D eigenvalue weighted by Gasteiger charge is 2.30. The Balaban J connectivity index is 2.51. The number of anilines is 1. The molecule has 0 aliphatic carbocycles. The molecule has 0 saturated heterocycles. The van der Waals surface area contributed by atoms with Gasteiger partial charge in [-0.15, -0.1) is 0 Å². The second kappa shape index (κ2) is 4.30. The molecule has 0 radical (unpaired) electrons. The summed E-state index contributed by atoms with van der Waals surface area (Å²) in [5.41, 5.74) is 4.44. The third kappa shape index (κ3) is 2.37. The summed E-state index contributed by atoms with van der Waals surface area (Å²) in [4.78, 5) is 10.8. The number of aromatic carboxylic acids is 1. The Morgan fingerprint density at radius 1 is 1.37 bits per heavy atom. The lowest BCUT2D eigenvalue weighted by Gasteiger charge is -2.09. The van der Waals surface area contributed by atoms with Gasteiger partial charge in [0.1, 0.15) is 11.4 Å². The quantitative estimate of drug-likeness (QED) is 0.877. The molecule has 5 nitrogen and oxygen atoms in total. The SMILES string of the molecule is Nc1c(C(=O)O)cnn1-c1cccc(C(F)(F)F)c1. The van der Waals surface area contributed by atoms with Crippen molar-refractivity contribution in [1.82, 2.24) is 9.78 Å². The fourth-order valence-corrected chi connectivity index (χ4v) is 1.54. The molecule has 0 bridgehead atoms. The average Bonchev–Trinajstić information content (AvgIpc) is 2.70. The van der Waals surface area contributed by atoms with Crippen LogP contribution in [0.4, 0.5) is 19.0 Å². The molecule has 8 heteroatoms. The van der Waals surface area contributed by atoms with Crippen LogP contribution in [0.1, 0.15) is 15.9 Å². The van der Waals surface area contributed by atoms with Crippen molar-refractivity contribution in [3.63, 3.8) is 0 Å². The molecule has 0 saturated carbocycles. The number of alkyl halides is 3. The Labute approximate surface area is 105 Å². The summed E-state index contributed by atoms with van der Waals surface area (Å²) in [7, 11) is 0. The first-order chi connectivity index (χ1) is 8.80. The summed E-state index contributed by atoms with van der Waals surface area (Å²) in [5, 5.41) is 12.5. The molecule has 0 amide bonds. The lowest BCUT2D eigenvalue weighted by molar-refractivity contribution is -0.137. The Hall–Kier alpha value is -2.51. The van der Waals surface area contributed by atoms with E-state index in [1.165, 1.54) is 12.1 Å². The van der Waals surface area contributed by atoms with Crippen molar-refractivity contribution in [2.75, 3.05) is 5.73 Å². The van der Waals surface area contributed by atoms with Crippen LogP contribution in [0.2, 0.25) is 0 Å². The number of nitrogens with zero attached hydrogens (tertiary/aromatic N) is 2. The van der Waals surface area contributed by atoms with Crippen LogP contribution in [0, 0.1) is 0 Å². The number of halogens is 3. The minimum Gasteiger partial charge on any atom is -0.477 e. The minimum absolute atomic E-state index is 0.0415. The van der Waals surface area contributed by atoms with E-state index in [-0.39, 0.29) is 17.1 Å². The Bertz CT molecular complexity index is 634. The number of carbonyl (C=O) groups is 1. The van der Waals surface area contributed by atoms with E-state index in [9.17, 15) is 18.0 Å². The molecule has 19 heavy (non-hydrogen) atoms. The van der Waals surface area contributed by atoms with E-state index < -0.39 is 17.7 Å². The van der Waals surface area contributed by atoms with Crippen LogP contribution in [-0.2, 0) is 6.18 Å². The number of hydrogen-bond acceptors (Lipinski definition) is 3. The normalized spacial score (nSPS) is 11.5. The highest BCUT2D eigenvalue weighted by atomic mass is 19.4. The number of hydrogen-bond donors (Lipinski definition) is 2. The molecule has 100 valence electrons. The van der Waals surface area contributed by atoms with E-state index in [0.29, 0.717) is 0 Å². The van der Waals surface area contributed by atoms with Gasteiger partial charge in [0.2, 0.25) is 0 Å². The van der Waals surface area contributed by atoms with Crippen LogP contribution in [0.15, 0.2) is 30.5 Å². The Kier molecular flexibility index (Phi) is 2.93. The van der Waals surface area contributed by atoms with Gasteiger partial charge in [-0.05, 0) is 18.2 Å². The summed E-state index contributed by atoms with van der Waals surface area (Å²) in [5.74, 6) is -1.53. The first-order valence-electron chi connectivity index (χ1n) is 5.05. The van der Waals surface area contributed by atoms with Gasteiger partial charge in [0, 0.05) is 0 Å². The fraction of sp³-hybridized carbons (Fsp3) is 0.0909. The van der Waals surface area contributed by atoms with Gasteiger partial charge in [0.15, 0.2) is 0 Å². The average molecular weight is 271 g/mol. The van der Waals surface area contributed by atoms with Crippen molar-refractivity contribution in [1.29, 1.82) is 0 Å². The molecular weight excluding hydrogens is 263 g/mol. The second-order valence-corrected chi connectivity index (χ2v) is 3.71. The summed E-state index contributed by atoms with van der Waals surface area (Å²) in [6.07, 6.45) is -3.51. The van der Waals surface area contributed by atoms with Crippen molar-refractivity contribution in [3.8, 4) is 5.69 Å². The number of nitrogen functional groups attached to an aromatic ring is 1. The van der Waals surface area contributed by atoms with Gasteiger partial charge in [-0.2, -0.15) is 18.3 Å². The molecule has 2 rings (SSSR count). The van der Waals surface area contributed by atoms with Crippen LogP contribution < -0.4 is 5.73 Å². The highest BCUT2D eigenvalue weighted by Crippen LogP contribution is 2.30. The third-order valence-electron chi connectivity index (χ3n) is 2.45. The zero-order valence-electron chi connectivity index (χ0n) is 9.35. The van der Waals surface area contributed by atoms with Gasteiger partial charge in [-0.1, -0.05) is 6.07 Å². The molecular formula is C11H8F3N3O2. The maximum absolute atomic E-state index is 12.6. The molecule has 0 unspecified atom stereocenters. The number of nitrogens with two attached hydrogens (primary N) is 1. The Morgan fingerprint density at radius 2 is 2.05 bits per heavy atom. The molecule has 0 aliphatic heterocycles. The van der Waals surface area contributed by atoms with Crippen LogP contribution in [-0.4, -0.2) is 20.9 Å². The van der Waals surface area contributed by atoms with Gasteiger partial charge < -0.3 is 10.8 Å². The van der Waals surface area contributed by atoms with Crippen molar-refractivity contribution in [2.45, 2.75) is 6.18 Å². The van der Waals surface area contributed by atoms with Gasteiger partial charge in [-0.3, -0.25) is 0 Å².